The lowest BCUT2D eigenvalue weighted by Crippen LogP contribution is -2.06. The van der Waals surface area contributed by atoms with E-state index in [-0.39, 0.29) is 0 Å². The zero-order chi connectivity index (χ0) is 6.24. The Morgan fingerprint density at radius 1 is 1.38 bits per heavy atom. The molecule has 2 nitrogen and oxygen atoms in total. The second-order valence-electron chi connectivity index (χ2n) is 1.58. The van der Waals surface area contributed by atoms with Gasteiger partial charge in [0, 0.05) is 7.05 Å². The maximum Gasteiger partial charge on any atom is 0.00276 e. The standard InChI is InChI=1S/C6H14N2/c1-7-5-3-4-6-8-2/h3,5,7-8H,4,6H2,1-2H3/b5-3+. The zero-order valence-corrected chi connectivity index (χ0v) is 5.57. The van der Waals surface area contributed by atoms with Gasteiger partial charge in [0.2, 0.25) is 0 Å². The van der Waals surface area contributed by atoms with Crippen LogP contribution in [-0.2, 0) is 0 Å². The number of hydrogen-bond donors (Lipinski definition) is 2. The van der Waals surface area contributed by atoms with E-state index in [4.69, 9.17) is 0 Å². The van der Waals surface area contributed by atoms with Crippen LogP contribution >= 0.6 is 0 Å². The van der Waals surface area contributed by atoms with Crippen LogP contribution in [0, 0.1) is 0 Å². The first-order valence-corrected chi connectivity index (χ1v) is 2.88. The van der Waals surface area contributed by atoms with Gasteiger partial charge in [-0.25, -0.2) is 0 Å². The van der Waals surface area contributed by atoms with Crippen molar-refractivity contribution >= 4 is 0 Å². The van der Waals surface area contributed by atoms with E-state index in [0.29, 0.717) is 0 Å². The minimum atomic E-state index is 1.05. The van der Waals surface area contributed by atoms with Crippen molar-refractivity contribution in [1.82, 2.24) is 10.6 Å². The van der Waals surface area contributed by atoms with E-state index in [2.05, 4.69) is 16.7 Å². The molecule has 0 saturated carbocycles. The van der Waals surface area contributed by atoms with Crippen molar-refractivity contribution in [2.24, 2.45) is 0 Å². The summed E-state index contributed by atoms with van der Waals surface area (Å²) < 4.78 is 0. The molecule has 0 radical (unpaired) electrons. The lowest BCUT2D eigenvalue weighted by molar-refractivity contribution is 0.804. The summed E-state index contributed by atoms with van der Waals surface area (Å²) in [4.78, 5) is 0. The van der Waals surface area contributed by atoms with Crippen molar-refractivity contribution < 1.29 is 0 Å². The Morgan fingerprint density at radius 3 is 2.62 bits per heavy atom. The number of nitrogens with one attached hydrogen (secondary N) is 2. The van der Waals surface area contributed by atoms with Gasteiger partial charge in [-0.1, -0.05) is 6.08 Å². The van der Waals surface area contributed by atoms with E-state index in [1.807, 2.05) is 20.3 Å². The fourth-order valence-electron chi connectivity index (χ4n) is 0.429. The molecule has 0 bridgehead atoms. The molecule has 0 amide bonds. The minimum Gasteiger partial charge on any atom is -0.394 e. The van der Waals surface area contributed by atoms with Gasteiger partial charge >= 0.3 is 0 Å². The van der Waals surface area contributed by atoms with E-state index in [1.54, 1.807) is 0 Å². The summed E-state index contributed by atoms with van der Waals surface area (Å²) >= 11 is 0. The van der Waals surface area contributed by atoms with Crippen molar-refractivity contribution in [2.75, 3.05) is 20.6 Å². The van der Waals surface area contributed by atoms with Crippen LogP contribution in [-0.4, -0.2) is 20.6 Å². The van der Waals surface area contributed by atoms with Crippen molar-refractivity contribution in [3.05, 3.63) is 12.3 Å². The van der Waals surface area contributed by atoms with Crippen molar-refractivity contribution in [1.29, 1.82) is 0 Å². The molecular weight excluding hydrogens is 100 g/mol. The molecular formula is C6H14N2. The maximum absolute atomic E-state index is 3.05. The van der Waals surface area contributed by atoms with Crippen LogP contribution in [0.5, 0.6) is 0 Å². The van der Waals surface area contributed by atoms with Gasteiger partial charge in [-0.05, 0) is 26.2 Å². The Bertz CT molecular complexity index is 59.5. The predicted molar refractivity (Wildman–Crippen MR) is 36.7 cm³/mol. The average Bonchev–Trinajstić information content (AvgIpc) is 1.81. The van der Waals surface area contributed by atoms with Crippen LogP contribution in [0.15, 0.2) is 12.3 Å². The third-order valence-electron chi connectivity index (χ3n) is 0.846. The maximum atomic E-state index is 3.05. The fourth-order valence-corrected chi connectivity index (χ4v) is 0.429. The van der Waals surface area contributed by atoms with Crippen LogP contribution in [0.25, 0.3) is 0 Å². The molecule has 0 rings (SSSR count). The smallest absolute Gasteiger partial charge is 0.00276 e. The van der Waals surface area contributed by atoms with Gasteiger partial charge in [-0.15, -0.1) is 0 Å². The number of hydrogen-bond acceptors (Lipinski definition) is 2. The lowest BCUT2D eigenvalue weighted by atomic mass is 10.4. The molecule has 0 heterocycles. The van der Waals surface area contributed by atoms with E-state index < -0.39 is 0 Å². The number of rotatable bonds is 4. The lowest BCUT2D eigenvalue weighted by Gasteiger charge is -1.89. The van der Waals surface area contributed by atoms with Gasteiger partial charge in [-0.2, -0.15) is 0 Å². The Morgan fingerprint density at radius 2 is 2.12 bits per heavy atom. The largest absolute Gasteiger partial charge is 0.394 e. The summed E-state index contributed by atoms with van der Waals surface area (Å²) in [5, 5.41) is 5.97. The van der Waals surface area contributed by atoms with E-state index in [9.17, 15) is 0 Å². The second-order valence-corrected chi connectivity index (χ2v) is 1.58. The van der Waals surface area contributed by atoms with Crippen LogP contribution in [0.2, 0.25) is 0 Å². The van der Waals surface area contributed by atoms with Crippen molar-refractivity contribution in [2.45, 2.75) is 6.42 Å². The van der Waals surface area contributed by atoms with Crippen molar-refractivity contribution in [3.8, 4) is 0 Å². The first kappa shape index (κ1) is 7.50. The molecule has 8 heavy (non-hydrogen) atoms. The summed E-state index contributed by atoms with van der Waals surface area (Å²) in [5.41, 5.74) is 0. The first-order chi connectivity index (χ1) is 3.91. The molecule has 0 aromatic carbocycles. The SMILES string of the molecule is CN/C=C/CCNC. The highest BCUT2D eigenvalue weighted by Gasteiger charge is 1.72. The molecule has 0 unspecified atom stereocenters. The highest BCUT2D eigenvalue weighted by atomic mass is 14.8. The molecule has 0 aliphatic carbocycles. The van der Waals surface area contributed by atoms with Crippen LogP contribution in [0.3, 0.4) is 0 Å². The van der Waals surface area contributed by atoms with Gasteiger partial charge in [0.15, 0.2) is 0 Å². The summed E-state index contributed by atoms with van der Waals surface area (Å²) in [6.45, 7) is 1.05. The molecule has 0 aromatic heterocycles. The third kappa shape index (κ3) is 5.50. The van der Waals surface area contributed by atoms with Crippen LogP contribution in [0.4, 0.5) is 0 Å². The Balaban J connectivity index is 2.80. The summed E-state index contributed by atoms with van der Waals surface area (Å²) in [7, 11) is 3.85. The first-order valence-electron chi connectivity index (χ1n) is 2.88. The highest BCUT2D eigenvalue weighted by Crippen LogP contribution is 1.74. The van der Waals surface area contributed by atoms with Crippen molar-refractivity contribution in [3.63, 3.8) is 0 Å². The minimum absolute atomic E-state index is 1.05. The molecule has 48 valence electrons. The molecule has 0 spiro atoms. The van der Waals surface area contributed by atoms with Gasteiger partial charge in [0.25, 0.3) is 0 Å². The molecule has 2 N–H and O–H groups in total. The average molecular weight is 114 g/mol. The molecule has 0 fully saturated rings. The molecule has 0 aliphatic heterocycles. The summed E-state index contributed by atoms with van der Waals surface area (Å²) in [6.07, 6.45) is 5.13. The Kier molecular flexibility index (Phi) is 6.09. The molecule has 0 atom stereocenters. The van der Waals surface area contributed by atoms with Gasteiger partial charge in [0.1, 0.15) is 0 Å². The van der Waals surface area contributed by atoms with Crippen LogP contribution < -0.4 is 10.6 Å². The van der Waals surface area contributed by atoms with Crippen LogP contribution in [0.1, 0.15) is 6.42 Å². The van der Waals surface area contributed by atoms with E-state index in [1.165, 1.54) is 0 Å². The second kappa shape index (κ2) is 6.50. The topological polar surface area (TPSA) is 24.1 Å². The predicted octanol–water partition coefficient (Wildman–Crippen LogP) is 0.329. The zero-order valence-electron chi connectivity index (χ0n) is 5.57. The van der Waals surface area contributed by atoms with E-state index >= 15 is 0 Å². The van der Waals surface area contributed by atoms with Gasteiger partial charge in [0.05, 0.1) is 0 Å². The molecule has 0 aromatic rings. The fraction of sp³-hybridized carbons (Fsp3) is 0.667. The summed E-state index contributed by atoms with van der Waals surface area (Å²) in [6, 6.07) is 0. The molecule has 0 aliphatic rings. The quantitative estimate of drug-likeness (QED) is 0.515. The normalized spacial score (nSPS) is 10.2. The molecule has 2 heteroatoms. The van der Waals surface area contributed by atoms with Gasteiger partial charge in [-0.3, -0.25) is 0 Å². The molecule has 0 saturated heterocycles. The van der Waals surface area contributed by atoms with Gasteiger partial charge < -0.3 is 10.6 Å². The monoisotopic (exact) mass is 114 g/mol. The third-order valence-corrected chi connectivity index (χ3v) is 0.846. The van der Waals surface area contributed by atoms with E-state index in [0.717, 1.165) is 13.0 Å². The highest BCUT2D eigenvalue weighted by molar-refractivity contribution is 4.77. The summed E-state index contributed by atoms with van der Waals surface area (Å²) in [5.74, 6) is 0. The Labute approximate surface area is 51.0 Å². The Hall–Kier alpha value is -0.500.